The molecule has 0 bridgehead atoms. The second-order valence-corrected chi connectivity index (χ2v) is 12.3. The molecule has 12 heteroatoms. The first-order valence-electron chi connectivity index (χ1n) is 13.4. The highest BCUT2D eigenvalue weighted by molar-refractivity contribution is 7.92. The molecule has 2 atom stereocenters. The van der Waals surface area contributed by atoms with E-state index >= 15 is 0 Å². The molecule has 42 heavy (non-hydrogen) atoms. The number of hydrogen-bond donors (Lipinski definition) is 1. The van der Waals surface area contributed by atoms with Gasteiger partial charge in [-0.05, 0) is 93.4 Å². The predicted molar refractivity (Wildman–Crippen MR) is 163 cm³/mol. The molecule has 0 heterocycles. The maximum absolute atomic E-state index is 14.0. The highest BCUT2D eigenvalue weighted by Crippen LogP contribution is 2.28. The van der Waals surface area contributed by atoms with E-state index in [-0.39, 0.29) is 28.2 Å². The summed E-state index contributed by atoms with van der Waals surface area (Å²) in [6, 6.07) is 14.2. The number of carbonyl (C=O) groups is 2. The first-order valence-corrected chi connectivity index (χ1v) is 15.6. The SMILES string of the molecule is CCOc1ccc(N(CC(=O)N(Cc2ccc(Cl)cc2Cl)C(C)C(=O)NC(C)CC)S(=O)(=O)c2ccc(F)cc2)cc1. The Hall–Kier alpha value is -3.34. The fourth-order valence-electron chi connectivity index (χ4n) is 4.02. The Morgan fingerprint density at radius 2 is 1.62 bits per heavy atom. The van der Waals surface area contributed by atoms with Crippen molar-refractivity contribution >= 4 is 50.7 Å². The number of hydrogen-bond acceptors (Lipinski definition) is 5. The molecular weight excluding hydrogens is 604 g/mol. The van der Waals surface area contributed by atoms with Gasteiger partial charge in [0.2, 0.25) is 11.8 Å². The maximum Gasteiger partial charge on any atom is 0.264 e. The van der Waals surface area contributed by atoms with Crippen LogP contribution in [0.1, 0.15) is 39.7 Å². The molecule has 0 radical (unpaired) electrons. The van der Waals surface area contributed by atoms with Crippen molar-refractivity contribution in [2.24, 2.45) is 0 Å². The lowest BCUT2D eigenvalue weighted by molar-refractivity contribution is -0.139. The van der Waals surface area contributed by atoms with Crippen LogP contribution in [0, 0.1) is 5.82 Å². The first-order chi connectivity index (χ1) is 19.9. The second-order valence-electron chi connectivity index (χ2n) is 9.64. The number of anilines is 1. The Labute approximate surface area is 256 Å². The van der Waals surface area contributed by atoms with E-state index in [1.807, 2.05) is 20.8 Å². The van der Waals surface area contributed by atoms with E-state index in [2.05, 4.69) is 5.32 Å². The Kier molecular flexibility index (Phi) is 11.6. The van der Waals surface area contributed by atoms with E-state index in [9.17, 15) is 22.4 Å². The fourth-order valence-corrected chi connectivity index (χ4v) is 5.90. The minimum absolute atomic E-state index is 0.0857. The van der Waals surface area contributed by atoms with E-state index in [0.717, 1.165) is 28.6 Å². The van der Waals surface area contributed by atoms with Crippen LogP contribution in [0.3, 0.4) is 0 Å². The van der Waals surface area contributed by atoms with Gasteiger partial charge in [-0.25, -0.2) is 12.8 Å². The summed E-state index contributed by atoms with van der Waals surface area (Å²) in [4.78, 5) is 28.2. The van der Waals surface area contributed by atoms with Gasteiger partial charge in [0, 0.05) is 22.6 Å². The van der Waals surface area contributed by atoms with Crippen molar-refractivity contribution < 1.29 is 27.1 Å². The summed E-state index contributed by atoms with van der Waals surface area (Å²) in [6.07, 6.45) is 0.677. The second kappa shape index (κ2) is 14.7. The monoisotopic (exact) mass is 637 g/mol. The maximum atomic E-state index is 14.0. The number of sulfonamides is 1. The van der Waals surface area contributed by atoms with E-state index in [1.54, 1.807) is 31.2 Å². The number of benzene rings is 3. The van der Waals surface area contributed by atoms with Crippen molar-refractivity contribution in [3.63, 3.8) is 0 Å². The van der Waals surface area contributed by atoms with Crippen molar-refractivity contribution in [3.8, 4) is 5.75 Å². The van der Waals surface area contributed by atoms with Crippen molar-refractivity contribution in [1.82, 2.24) is 10.2 Å². The topological polar surface area (TPSA) is 96.0 Å². The number of rotatable bonds is 13. The van der Waals surface area contributed by atoms with Crippen LogP contribution in [0.15, 0.2) is 71.6 Å². The number of nitrogens with one attached hydrogen (secondary N) is 1. The van der Waals surface area contributed by atoms with E-state index < -0.39 is 40.2 Å². The van der Waals surface area contributed by atoms with Gasteiger partial charge in [-0.15, -0.1) is 0 Å². The molecule has 3 rings (SSSR count). The Bertz CT molecular complexity index is 1490. The van der Waals surface area contributed by atoms with E-state index in [4.69, 9.17) is 27.9 Å². The Morgan fingerprint density at radius 1 is 0.976 bits per heavy atom. The summed E-state index contributed by atoms with van der Waals surface area (Å²) < 4.78 is 47.7. The van der Waals surface area contributed by atoms with Crippen molar-refractivity contribution in [3.05, 3.63) is 88.2 Å². The number of ether oxygens (including phenoxy) is 1. The molecule has 0 aromatic heterocycles. The number of carbonyl (C=O) groups excluding carboxylic acids is 2. The summed E-state index contributed by atoms with van der Waals surface area (Å²) in [5, 5.41) is 3.56. The first kappa shape index (κ1) is 33.2. The zero-order chi connectivity index (χ0) is 31.0. The quantitative estimate of drug-likeness (QED) is 0.246. The number of amides is 2. The van der Waals surface area contributed by atoms with Gasteiger partial charge in [-0.1, -0.05) is 36.2 Å². The lowest BCUT2D eigenvalue weighted by Crippen LogP contribution is -2.52. The van der Waals surface area contributed by atoms with Crippen LogP contribution in [0.5, 0.6) is 5.75 Å². The van der Waals surface area contributed by atoms with Crippen LogP contribution in [0.4, 0.5) is 10.1 Å². The molecule has 0 saturated carbocycles. The van der Waals surface area contributed by atoms with E-state index in [0.29, 0.717) is 29.4 Å². The average molecular weight is 639 g/mol. The standard InChI is InChI=1S/C30H34Cl2FN3O5S/c1-5-20(3)34-30(38)21(4)35(18-22-7-8-23(31)17-28(22)32)29(37)19-36(25-11-13-26(14-12-25)41-6-2)42(39,40)27-15-9-24(33)10-16-27/h7-17,20-21H,5-6,18-19H2,1-4H3,(H,34,38). The molecule has 2 unspecified atom stereocenters. The zero-order valence-corrected chi connectivity index (χ0v) is 26.1. The van der Waals surface area contributed by atoms with Crippen LogP contribution >= 0.6 is 23.2 Å². The Balaban J connectivity index is 2.05. The smallest absolute Gasteiger partial charge is 0.264 e. The molecule has 0 spiro atoms. The van der Waals surface area contributed by atoms with Crippen LogP contribution in [-0.4, -0.2) is 50.4 Å². The molecule has 3 aromatic rings. The Morgan fingerprint density at radius 3 is 2.19 bits per heavy atom. The molecule has 2 amide bonds. The minimum atomic E-state index is -4.35. The summed E-state index contributed by atoms with van der Waals surface area (Å²) in [7, 11) is -4.35. The number of nitrogens with zero attached hydrogens (tertiary/aromatic N) is 2. The lowest BCUT2D eigenvalue weighted by Gasteiger charge is -2.32. The van der Waals surface area contributed by atoms with Crippen LogP contribution < -0.4 is 14.4 Å². The fraction of sp³-hybridized carbons (Fsp3) is 0.333. The van der Waals surface area contributed by atoms with Crippen LogP contribution in [0.25, 0.3) is 0 Å². The molecule has 0 saturated heterocycles. The van der Waals surface area contributed by atoms with Gasteiger partial charge in [0.15, 0.2) is 0 Å². The zero-order valence-electron chi connectivity index (χ0n) is 23.8. The largest absolute Gasteiger partial charge is 0.494 e. The number of halogens is 3. The van der Waals surface area contributed by atoms with Crippen molar-refractivity contribution in [2.75, 3.05) is 17.5 Å². The highest BCUT2D eigenvalue weighted by Gasteiger charge is 2.33. The molecule has 0 aliphatic carbocycles. The average Bonchev–Trinajstić information content (AvgIpc) is 2.95. The molecular formula is C30H34Cl2FN3O5S. The molecule has 226 valence electrons. The van der Waals surface area contributed by atoms with Gasteiger partial charge in [-0.3, -0.25) is 13.9 Å². The molecule has 3 aromatic carbocycles. The molecule has 1 N–H and O–H groups in total. The molecule has 0 aliphatic heterocycles. The third-order valence-corrected chi connectivity index (χ3v) is 9.02. The third kappa shape index (κ3) is 8.36. The predicted octanol–water partition coefficient (Wildman–Crippen LogP) is 6.06. The van der Waals surface area contributed by atoms with Gasteiger partial charge >= 0.3 is 0 Å². The highest BCUT2D eigenvalue weighted by atomic mass is 35.5. The van der Waals surface area contributed by atoms with Gasteiger partial charge < -0.3 is 15.0 Å². The van der Waals surface area contributed by atoms with Crippen LogP contribution in [0.2, 0.25) is 10.0 Å². The van der Waals surface area contributed by atoms with Crippen molar-refractivity contribution in [1.29, 1.82) is 0 Å². The molecule has 0 aliphatic rings. The molecule has 8 nitrogen and oxygen atoms in total. The normalized spacial score (nSPS) is 12.7. The van der Waals surface area contributed by atoms with Gasteiger partial charge in [-0.2, -0.15) is 0 Å². The van der Waals surface area contributed by atoms with Gasteiger partial charge in [0.1, 0.15) is 24.2 Å². The van der Waals surface area contributed by atoms with Gasteiger partial charge in [0.05, 0.1) is 17.2 Å². The lowest BCUT2D eigenvalue weighted by atomic mass is 10.1. The summed E-state index contributed by atoms with van der Waals surface area (Å²) in [6.45, 7) is 6.82. The van der Waals surface area contributed by atoms with E-state index in [1.165, 1.54) is 23.1 Å². The summed E-state index contributed by atoms with van der Waals surface area (Å²) in [5.74, 6) is -1.16. The summed E-state index contributed by atoms with van der Waals surface area (Å²) >= 11 is 12.5. The third-order valence-electron chi connectivity index (χ3n) is 6.64. The summed E-state index contributed by atoms with van der Waals surface area (Å²) in [5.41, 5.74) is 0.698. The van der Waals surface area contributed by atoms with Crippen molar-refractivity contribution in [2.45, 2.75) is 57.6 Å². The minimum Gasteiger partial charge on any atom is -0.494 e. The molecule has 0 fully saturated rings. The van der Waals surface area contributed by atoms with Crippen LogP contribution in [-0.2, 0) is 26.2 Å². The van der Waals surface area contributed by atoms with Gasteiger partial charge in [0.25, 0.3) is 10.0 Å².